The van der Waals surface area contributed by atoms with Crippen molar-refractivity contribution in [3.05, 3.63) is 60.1 Å². The summed E-state index contributed by atoms with van der Waals surface area (Å²) in [5.41, 5.74) is 0.885. The van der Waals surface area contributed by atoms with E-state index >= 15 is 0 Å². The zero-order valence-electron chi connectivity index (χ0n) is 9.67. The third-order valence-electron chi connectivity index (χ3n) is 2.34. The fourth-order valence-electron chi connectivity index (χ4n) is 1.44. The Bertz CT molecular complexity index is 514. The molecule has 18 heavy (non-hydrogen) atoms. The number of hydrogen-bond acceptors (Lipinski definition) is 4. The molecule has 0 aliphatic heterocycles. The number of ketones is 1. The maximum atomic E-state index is 11.5. The lowest BCUT2D eigenvalue weighted by molar-refractivity contribution is -0.143. The van der Waals surface area contributed by atoms with Gasteiger partial charge in [-0.05, 0) is 17.7 Å². The largest absolute Gasteiger partial charge is 0.461 e. The molecule has 0 bridgehead atoms. The van der Waals surface area contributed by atoms with Gasteiger partial charge in [0, 0.05) is 0 Å². The summed E-state index contributed by atoms with van der Waals surface area (Å²) in [6.07, 6.45) is 1.09. The first kappa shape index (κ1) is 12.1. The van der Waals surface area contributed by atoms with Gasteiger partial charge >= 0.3 is 5.97 Å². The van der Waals surface area contributed by atoms with E-state index in [1.165, 1.54) is 12.3 Å². The van der Waals surface area contributed by atoms with Gasteiger partial charge in [-0.25, -0.2) is 0 Å². The number of hydrogen-bond donors (Lipinski definition) is 0. The molecule has 1 aromatic carbocycles. The molecule has 0 N–H and O–H groups in total. The van der Waals surface area contributed by atoms with E-state index in [9.17, 15) is 9.59 Å². The second-order valence-electron chi connectivity index (χ2n) is 3.72. The summed E-state index contributed by atoms with van der Waals surface area (Å²) < 4.78 is 9.90. The molecule has 2 rings (SSSR count). The highest BCUT2D eigenvalue weighted by Crippen LogP contribution is 2.06. The van der Waals surface area contributed by atoms with Crippen molar-refractivity contribution < 1.29 is 18.7 Å². The second-order valence-corrected chi connectivity index (χ2v) is 3.72. The standard InChI is InChI=1S/C14H12O4/c15-12(13-7-4-8-17-13)9-14(16)18-10-11-5-2-1-3-6-11/h1-8H,9-10H2. The molecule has 0 radical (unpaired) electrons. The zero-order chi connectivity index (χ0) is 12.8. The van der Waals surface area contributed by atoms with Crippen LogP contribution in [0.5, 0.6) is 0 Å². The maximum Gasteiger partial charge on any atom is 0.314 e. The van der Waals surface area contributed by atoms with Crippen molar-refractivity contribution in [3.63, 3.8) is 0 Å². The second kappa shape index (κ2) is 5.82. The van der Waals surface area contributed by atoms with E-state index in [2.05, 4.69) is 0 Å². The number of benzene rings is 1. The molecule has 0 atom stereocenters. The Morgan fingerprint density at radius 2 is 1.83 bits per heavy atom. The van der Waals surface area contributed by atoms with Crippen LogP contribution in [0.3, 0.4) is 0 Å². The van der Waals surface area contributed by atoms with E-state index < -0.39 is 5.97 Å². The van der Waals surface area contributed by atoms with Crippen LogP contribution in [0.2, 0.25) is 0 Å². The molecule has 0 fully saturated rings. The Morgan fingerprint density at radius 1 is 1.06 bits per heavy atom. The predicted molar refractivity (Wildman–Crippen MR) is 63.9 cm³/mol. The highest BCUT2D eigenvalue weighted by Gasteiger charge is 2.15. The average molecular weight is 244 g/mol. The summed E-state index contributed by atoms with van der Waals surface area (Å²) >= 11 is 0. The van der Waals surface area contributed by atoms with E-state index in [0.717, 1.165) is 5.56 Å². The highest BCUT2D eigenvalue weighted by molar-refractivity contribution is 6.04. The normalized spacial score (nSPS) is 10.0. The quantitative estimate of drug-likeness (QED) is 0.461. The summed E-state index contributed by atoms with van der Waals surface area (Å²) in [6.45, 7) is 0.172. The molecule has 0 aliphatic carbocycles. The molecule has 1 aromatic heterocycles. The van der Waals surface area contributed by atoms with Crippen LogP contribution in [0.15, 0.2) is 53.1 Å². The molecule has 0 aliphatic rings. The molecule has 0 amide bonds. The Balaban J connectivity index is 1.81. The van der Waals surface area contributed by atoms with Gasteiger partial charge < -0.3 is 9.15 Å². The van der Waals surface area contributed by atoms with Crippen LogP contribution in [0, 0.1) is 0 Å². The summed E-state index contributed by atoms with van der Waals surface area (Å²) in [4.78, 5) is 23.0. The molecule has 0 saturated carbocycles. The molecular formula is C14H12O4. The third kappa shape index (κ3) is 3.31. The lowest BCUT2D eigenvalue weighted by atomic mass is 10.2. The fraction of sp³-hybridized carbons (Fsp3) is 0.143. The highest BCUT2D eigenvalue weighted by atomic mass is 16.5. The lowest BCUT2D eigenvalue weighted by Gasteiger charge is -2.03. The molecule has 92 valence electrons. The fourth-order valence-corrected chi connectivity index (χ4v) is 1.44. The van der Waals surface area contributed by atoms with Gasteiger partial charge in [0.15, 0.2) is 5.76 Å². The van der Waals surface area contributed by atoms with Crippen molar-refractivity contribution in [2.75, 3.05) is 0 Å². The third-order valence-corrected chi connectivity index (χ3v) is 2.34. The minimum atomic E-state index is -0.555. The number of furan rings is 1. The Hall–Kier alpha value is -2.36. The number of esters is 1. The van der Waals surface area contributed by atoms with Crippen molar-refractivity contribution in [3.8, 4) is 0 Å². The Kier molecular flexibility index (Phi) is 3.91. The summed E-state index contributed by atoms with van der Waals surface area (Å²) in [7, 11) is 0. The van der Waals surface area contributed by atoms with Crippen LogP contribution >= 0.6 is 0 Å². The van der Waals surface area contributed by atoms with Crippen LogP contribution < -0.4 is 0 Å². The molecule has 4 nitrogen and oxygen atoms in total. The number of rotatable bonds is 5. The summed E-state index contributed by atoms with van der Waals surface area (Å²) in [5, 5.41) is 0. The van der Waals surface area contributed by atoms with E-state index in [4.69, 9.17) is 9.15 Å². The van der Waals surface area contributed by atoms with Gasteiger partial charge in [0.1, 0.15) is 13.0 Å². The minimum absolute atomic E-state index is 0.172. The first-order chi connectivity index (χ1) is 8.75. The van der Waals surface area contributed by atoms with E-state index in [1.54, 1.807) is 6.07 Å². The zero-order valence-corrected chi connectivity index (χ0v) is 9.67. The molecule has 4 heteroatoms. The van der Waals surface area contributed by atoms with Gasteiger partial charge in [-0.15, -0.1) is 0 Å². The topological polar surface area (TPSA) is 56.5 Å². The van der Waals surface area contributed by atoms with E-state index in [1.807, 2.05) is 30.3 Å². The maximum absolute atomic E-state index is 11.5. The number of Topliss-reactive ketones (excluding diaryl/α,β-unsaturated/α-hetero) is 1. The van der Waals surface area contributed by atoms with Crippen LogP contribution in [0.1, 0.15) is 22.5 Å². The first-order valence-electron chi connectivity index (χ1n) is 5.52. The number of carbonyl (C=O) groups excluding carboxylic acids is 2. The van der Waals surface area contributed by atoms with Gasteiger partial charge in [0.05, 0.1) is 6.26 Å². The molecule has 0 unspecified atom stereocenters. The van der Waals surface area contributed by atoms with Crippen LogP contribution in [-0.2, 0) is 16.1 Å². The molecular weight excluding hydrogens is 232 g/mol. The van der Waals surface area contributed by atoms with Gasteiger partial charge in [-0.1, -0.05) is 30.3 Å². The van der Waals surface area contributed by atoms with Crippen molar-refractivity contribution in [1.29, 1.82) is 0 Å². The van der Waals surface area contributed by atoms with Gasteiger partial charge in [-0.3, -0.25) is 9.59 Å². The first-order valence-corrected chi connectivity index (χ1v) is 5.52. The molecule has 1 heterocycles. The van der Waals surface area contributed by atoms with Gasteiger partial charge in [0.2, 0.25) is 5.78 Å². The van der Waals surface area contributed by atoms with Crippen LogP contribution in [0.4, 0.5) is 0 Å². The summed E-state index contributed by atoms with van der Waals surface area (Å²) in [5.74, 6) is -0.759. The van der Waals surface area contributed by atoms with Crippen molar-refractivity contribution in [2.45, 2.75) is 13.0 Å². The SMILES string of the molecule is O=C(CC(=O)c1ccco1)OCc1ccccc1. The van der Waals surface area contributed by atoms with Gasteiger partial charge in [-0.2, -0.15) is 0 Å². The van der Waals surface area contributed by atoms with E-state index in [0.29, 0.717) is 0 Å². The Morgan fingerprint density at radius 3 is 2.50 bits per heavy atom. The van der Waals surface area contributed by atoms with Crippen molar-refractivity contribution in [2.24, 2.45) is 0 Å². The smallest absolute Gasteiger partial charge is 0.314 e. The van der Waals surface area contributed by atoms with Crippen LogP contribution in [-0.4, -0.2) is 11.8 Å². The summed E-state index contributed by atoms with van der Waals surface area (Å²) in [6, 6.07) is 12.4. The van der Waals surface area contributed by atoms with E-state index in [-0.39, 0.29) is 24.6 Å². The van der Waals surface area contributed by atoms with Gasteiger partial charge in [0.25, 0.3) is 0 Å². The molecule has 0 spiro atoms. The van der Waals surface area contributed by atoms with Crippen molar-refractivity contribution in [1.82, 2.24) is 0 Å². The van der Waals surface area contributed by atoms with Crippen molar-refractivity contribution >= 4 is 11.8 Å². The monoisotopic (exact) mass is 244 g/mol. The molecule has 2 aromatic rings. The number of ether oxygens (including phenoxy) is 1. The lowest BCUT2D eigenvalue weighted by Crippen LogP contribution is -2.11. The number of carbonyl (C=O) groups is 2. The predicted octanol–water partition coefficient (Wildman–Crippen LogP) is 2.60. The Labute approximate surface area is 104 Å². The van der Waals surface area contributed by atoms with Crippen LogP contribution in [0.25, 0.3) is 0 Å². The average Bonchev–Trinajstić information content (AvgIpc) is 2.91. The molecule has 0 saturated heterocycles. The minimum Gasteiger partial charge on any atom is -0.461 e.